The Kier molecular flexibility index (Phi) is 4.56. The second-order valence-electron chi connectivity index (χ2n) is 1.86. The lowest BCUT2D eigenvalue weighted by molar-refractivity contribution is 0.476. The van der Waals surface area contributed by atoms with Gasteiger partial charge in [-0.25, -0.2) is 0 Å². The zero-order chi connectivity index (χ0) is 8.69. The number of hydrogen-bond donors (Lipinski definition) is 2. The maximum atomic E-state index is 10.6. The first-order chi connectivity index (χ1) is 5.22. The molecule has 0 saturated heterocycles. The van der Waals surface area contributed by atoms with Gasteiger partial charge in [-0.1, -0.05) is 12.6 Å². The number of nitrogens with one attached hydrogen (secondary N) is 1. The molecule has 3 nitrogen and oxygen atoms in total. The van der Waals surface area contributed by atoms with Crippen LogP contribution in [0.25, 0.3) is 0 Å². The molecule has 2 N–H and O–H groups in total. The molecule has 0 spiro atoms. The van der Waals surface area contributed by atoms with Crippen LogP contribution in [0.3, 0.4) is 0 Å². The molecular weight excluding hydrogens is 142 g/mol. The van der Waals surface area contributed by atoms with E-state index in [1.807, 2.05) is 0 Å². The van der Waals surface area contributed by atoms with Gasteiger partial charge in [0.2, 0.25) is 0 Å². The number of aromatic amines is 1. The number of H-pyrrole nitrogens is 1. The van der Waals surface area contributed by atoms with Gasteiger partial charge in [-0.05, 0) is 13.0 Å². The Labute approximate surface area is 65.0 Å². The molecule has 0 saturated carbocycles. The molecule has 1 heterocycles. The molecule has 0 aromatic carbocycles. The Morgan fingerprint density at radius 1 is 1.73 bits per heavy atom. The van der Waals surface area contributed by atoms with Gasteiger partial charge in [0, 0.05) is 11.8 Å². The molecule has 0 aliphatic carbocycles. The van der Waals surface area contributed by atoms with E-state index in [0.717, 1.165) is 11.8 Å². The fraction of sp³-hybridized carbons (Fsp3) is 0.125. The minimum Gasteiger partial charge on any atom is -0.516 e. The number of pyridine rings is 1. The Bertz CT molecular complexity index is 265. The summed E-state index contributed by atoms with van der Waals surface area (Å²) in [4.78, 5) is 13.1. The van der Waals surface area contributed by atoms with Gasteiger partial charge in [0.25, 0.3) is 5.56 Å². The molecule has 0 aliphatic heterocycles. The van der Waals surface area contributed by atoms with Crippen LogP contribution in [0.15, 0.2) is 36.0 Å². The maximum absolute atomic E-state index is 10.6. The summed E-state index contributed by atoms with van der Waals surface area (Å²) in [7, 11) is 0. The highest BCUT2D eigenvalue weighted by molar-refractivity contribution is 5.05. The first-order valence-electron chi connectivity index (χ1n) is 3.11. The summed E-state index contributed by atoms with van der Waals surface area (Å²) in [5, 5.41) is 7.33. The molecule has 0 atom stereocenters. The van der Waals surface area contributed by atoms with Crippen molar-refractivity contribution in [1.82, 2.24) is 4.98 Å². The summed E-state index contributed by atoms with van der Waals surface area (Å²) in [5.41, 5.74) is 0.750. The highest BCUT2D eigenvalue weighted by Gasteiger charge is 1.83. The van der Waals surface area contributed by atoms with Crippen LogP contribution >= 0.6 is 0 Å². The normalized spacial score (nSPS) is 7.73. The van der Waals surface area contributed by atoms with Crippen LogP contribution in [0.5, 0.6) is 0 Å². The van der Waals surface area contributed by atoms with Crippen molar-refractivity contribution in [3.05, 3.63) is 47.1 Å². The molecule has 0 unspecified atom stereocenters. The first-order valence-corrected chi connectivity index (χ1v) is 3.11. The molecule has 0 bridgehead atoms. The highest BCUT2D eigenvalue weighted by atomic mass is 16.2. The maximum Gasteiger partial charge on any atom is 0.250 e. The molecule has 1 rings (SSSR count). The summed E-state index contributed by atoms with van der Waals surface area (Å²) >= 11 is 0. The number of aliphatic hydroxyl groups excluding tert-OH is 1. The van der Waals surface area contributed by atoms with E-state index in [-0.39, 0.29) is 5.56 Å². The molecular formula is C8H11NO2. The Morgan fingerprint density at radius 2 is 2.27 bits per heavy atom. The Balaban J connectivity index is 0.000000292. The Hall–Kier alpha value is -1.51. The fourth-order valence-corrected chi connectivity index (χ4v) is 0.506. The Morgan fingerprint density at radius 3 is 2.55 bits per heavy atom. The fourth-order valence-electron chi connectivity index (χ4n) is 0.506. The van der Waals surface area contributed by atoms with Crippen LogP contribution in [-0.4, -0.2) is 10.1 Å². The lowest BCUT2D eigenvalue weighted by Crippen LogP contribution is -2.06. The number of aliphatic hydroxyl groups is 1. The average molecular weight is 153 g/mol. The van der Waals surface area contributed by atoms with Crippen molar-refractivity contribution < 1.29 is 5.11 Å². The van der Waals surface area contributed by atoms with Crippen molar-refractivity contribution in [1.29, 1.82) is 0 Å². The van der Waals surface area contributed by atoms with E-state index >= 15 is 0 Å². The molecule has 1 aromatic heterocycles. The summed E-state index contributed by atoms with van der Waals surface area (Å²) in [5.74, 6) is 0. The SMILES string of the molecule is C=CO.Cc1ccc[nH]c1=O. The lowest BCUT2D eigenvalue weighted by Gasteiger charge is -1.83. The van der Waals surface area contributed by atoms with Crippen LogP contribution in [0.1, 0.15) is 5.56 Å². The van der Waals surface area contributed by atoms with Crippen molar-refractivity contribution in [3.8, 4) is 0 Å². The van der Waals surface area contributed by atoms with Crippen LogP contribution in [0, 0.1) is 6.92 Å². The van der Waals surface area contributed by atoms with Gasteiger partial charge < -0.3 is 10.1 Å². The van der Waals surface area contributed by atoms with Crippen LogP contribution in [-0.2, 0) is 0 Å². The van der Waals surface area contributed by atoms with Crippen molar-refractivity contribution in [2.45, 2.75) is 6.92 Å². The largest absolute Gasteiger partial charge is 0.516 e. The van der Waals surface area contributed by atoms with Crippen molar-refractivity contribution in [3.63, 3.8) is 0 Å². The molecule has 0 aliphatic rings. The van der Waals surface area contributed by atoms with E-state index in [1.54, 1.807) is 25.3 Å². The van der Waals surface area contributed by atoms with Gasteiger partial charge >= 0.3 is 0 Å². The number of aromatic nitrogens is 1. The zero-order valence-electron chi connectivity index (χ0n) is 6.37. The number of hydrogen-bond acceptors (Lipinski definition) is 2. The van der Waals surface area contributed by atoms with Crippen molar-refractivity contribution in [2.75, 3.05) is 0 Å². The van der Waals surface area contributed by atoms with Gasteiger partial charge in [0.15, 0.2) is 0 Å². The molecule has 60 valence electrons. The predicted molar refractivity (Wildman–Crippen MR) is 44.6 cm³/mol. The number of aryl methyl sites for hydroxylation is 1. The molecule has 0 amide bonds. The highest BCUT2D eigenvalue weighted by Crippen LogP contribution is 1.81. The molecule has 0 radical (unpaired) electrons. The third kappa shape index (κ3) is 3.97. The average Bonchev–Trinajstić information content (AvgIpc) is 1.97. The topological polar surface area (TPSA) is 53.1 Å². The molecule has 0 fully saturated rings. The van der Waals surface area contributed by atoms with Gasteiger partial charge in [-0.15, -0.1) is 0 Å². The van der Waals surface area contributed by atoms with Crippen molar-refractivity contribution >= 4 is 0 Å². The van der Waals surface area contributed by atoms with Gasteiger partial charge in [0.05, 0.1) is 6.26 Å². The van der Waals surface area contributed by atoms with Gasteiger partial charge in [-0.2, -0.15) is 0 Å². The molecule has 3 heteroatoms. The minimum atomic E-state index is -0.00694. The van der Waals surface area contributed by atoms with Crippen molar-refractivity contribution in [2.24, 2.45) is 0 Å². The monoisotopic (exact) mass is 153 g/mol. The number of rotatable bonds is 0. The third-order valence-electron chi connectivity index (χ3n) is 1.02. The summed E-state index contributed by atoms with van der Waals surface area (Å²) in [6.07, 6.45) is 2.37. The standard InChI is InChI=1S/C6H7NO.C2H4O/c1-5-3-2-4-7-6(5)8;1-2-3/h2-4H,1H3,(H,7,8);2-3H,1H2. The third-order valence-corrected chi connectivity index (χ3v) is 1.02. The van der Waals surface area contributed by atoms with E-state index in [0.29, 0.717) is 0 Å². The van der Waals surface area contributed by atoms with Crippen LogP contribution in [0.4, 0.5) is 0 Å². The smallest absolute Gasteiger partial charge is 0.250 e. The van der Waals surface area contributed by atoms with Crippen LogP contribution in [0.2, 0.25) is 0 Å². The van der Waals surface area contributed by atoms with Gasteiger partial charge in [-0.3, -0.25) is 4.79 Å². The quantitative estimate of drug-likeness (QED) is 0.553. The predicted octanol–water partition coefficient (Wildman–Crippen LogP) is 1.37. The first kappa shape index (κ1) is 9.49. The van der Waals surface area contributed by atoms with E-state index in [1.165, 1.54) is 0 Å². The zero-order valence-corrected chi connectivity index (χ0v) is 6.37. The van der Waals surface area contributed by atoms with E-state index in [9.17, 15) is 4.79 Å². The second-order valence-corrected chi connectivity index (χ2v) is 1.86. The minimum absolute atomic E-state index is 0.00694. The summed E-state index contributed by atoms with van der Waals surface area (Å²) < 4.78 is 0. The molecule has 1 aromatic rings. The summed E-state index contributed by atoms with van der Waals surface area (Å²) in [6, 6.07) is 3.58. The van der Waals surface area contributed by atoms with E-state index in [4.69, 9.17) is 5.11 Å². The van der Waals surface area contributed by atoms with E-state index in [2.05, 4.69) is 11.6 Å². The van der Waals surface area contributed by atoms with E-state index < -0.39 is 0 Å². The van der Waals surface area contributed by atoms with Crippen LogP contribution < -0.4 is 5.56 Å². The lowest BCUT2D eigenvalue weighted by atomic mass is 10.3. The second kappa shape index (κ2) is 5.29. The summed E-state index contributed by atoms with van der Waals surface area (Å²) in [6.45, 7) is 4.69. The molecule has 11 heavy (non-hydrogen) atoms. The van der Waals surface area contributed by atoms with Gasteiger partial charge in [0.1, 0.15) is 0 Å².